The molecule has 0 unspecified atom stereocenters. The van der Waals surface area contributed by atoms with E-state index in [1.54, 1.807) is 36.6 Å². The SMILES string of the molecule is C#CCOc1c(Cl)cc(/C=c2\sc3n(c2=O)[C@H](c2ccc(C(C)C)cc2)C(C(=O)OCC)=C(C)N=3)cc1OC. The van der Waals surface area contributed by atoms with Crippen LogP contribution in [-0.4, -0.2) is 30.9 Å². The van der Waals surface area contributed by atoms with E-state index in [2.05, 4.69) is 24.8 Å². The molecule has 1 atom stereocenters. The maximum Gasteiger partial charge on any atom is 0.338 e. The van der Waals surface area contributed by atoms with Gasteiger partial charge >= 0.3 is 5.97 Å². The van der Waals surface area contributed by atoms with Crippen molar-refractivity contribution in [2.75, 3.05) is 20.3 Å². The number of ether oxygens (including phenoxy) is 3. The largest absolute Gasteiger partial charge is 0.493 e. The first-order valence-corrected chi connectivity index (χ1v) is 13.6. The monoisotopic (exact) mass is 564 g/mol. The lowest BCUT2D eigenvalue weighted by Crippen LogP contribution is -2.39. The second kappa shape index (κ2) is 11.9. The van der Waals surface area contributed by atoms with Crippen LogP contribution in [0.15, 0.2) is 57.5 Å². The molecule has 202 valence electrons. The summed E-state index contributed by atoms with van der Waals surface area (Å²) in [5, 5.41) is 0.298. The van der Waals surface area contributed by atoms with E-state index in [1.807, 2.05) is 24.3 Å². The van der Waals surface area contributed by atoms with Crippen molar-refractivity contribution in [1.29, 1.82) is 0 Å². The summed E-state index contributed by atoms with van der Waals surface area (Å²) in [7, 11) is 1.50. The Kier molecular flexibility index (Phi) is 8.63. The molecule has 2 aromatic carbocycles. The third-order valence-electron chi connectivity index (χ3n) is 6.29. The molecule has 0 aliphatic carbocycles. The number of carbonyl (C=O) groups excluding carboxylic acids is 1. The zero-order valence-electron chi connectivity index (χ0n) is 22.4. The summed E-state index contributed by atoms with van der Waals surface area (Å²) >= 11 is 7.68. The number of benzene rings is 2. The minimum atomic E-state index is -0.679. The van der Waals surface area contributed by atoms with Gasteiger partial charge in [0.1, 0.15) is 6.61 Å². The summed E-state index contributed by atoms with van der Waals surface area (Å²) in [6, 6.07) is 10.7. The van der Waals surface area contributed by atoms with E-state index in [4.69, 9.17) is 32.2 Å². The summed E-state index contributed by atoms with van der Waals surface area (Å²) in [5.74, 6) is 2.96. The number of nitrogens with zero attached hydrogens (tertiary/aromatic N) is 2. The topological polar surface area (TPSA) is 79.1 Å². The molecule has 1 aliphatic heterocycles. The standard InChI is InChI=1S/C30H29ClN2O5S/c1-7-13-38-27-22(31)14-19(15-23(27)36-6)16-24-28(34)33-26(21-11-9-20(10-12-21)17(3)4)25(29(35)37-8-2)18(5)32-30(33)39-24/h1,9-12,14-17,26H,8,13H2,2-6H3/b24-16-/t26-/m1/s1. The number of fused-ring (bicyclic) bond motifs is 1. The van der Waals surface area contributed by atoms with Gasteiger partial charge in [0.2, 0.25) is 0 Å². The second-order valence-electron chi connectivity index (χ2n) is 9.15. The number of aromatic nitrogens is 1. The molecule has 0 N–H and O–H groups in total. The van der Waals surface area contributed by atoms with E-state index < -0.39 is 12.0 Å². The second-order valence-corrected chi connectivity index (χ2v) is 10.6. The summed E-state index contributed by atoms with van der Waals surface area (Å²) in [4.78, 5) is 32.1. The Morgan fingerprint density at radius 2 is 2.00 bits per heavy atom. The lowest BCUT2D eigenvalue weighted by molar-refractivity contribution is -0.139. The van der Waals surface area contributed by atoms with E-state index in [9.17, 15) is 9.59 Å². The zero-order valence-corrected chi connectivity index (χ0v) is 24.0. The third-order valence-corrected chi connectivity index (χ3v) is 7.55. The van der Waals surface area contributed by atoms with Crippen LogP contribution >= 0.6 is 22.9 Å². The number of methoxy groups -OCH3 is 1. The van der Waals surface area contributed by atoms with Crippen molar-refractivity contribution in [2.45, 2.75) is 39.7 Å². The average molecular weight is 565 g/mol. The molecule has 0 saturated heterocycles. The Balaban J connectivity index is 1.90. The number of allylic oxidation sites excluding steroid dienone is 1. The van der Waals surface area contributed by atoms with Gasteiger partial charge in [0.15, 0.2) is 16.3 Å². The molecule has 1 aromatic heterocycles. The van der Waals surface area contributed by atoms with Gasteiger partial charge in [-0.1, -0.05) is 67.0 Å². The first-order valence-electron chi connectivity index (χ1n) is 12.4. The summed E-state index contributed by atoms with van der Waals surface area (Å²) in [5.41, 5.74) is 3.16. The summed E-state index contributed by atoms with van der Waals surface area (Å²) in [6.45, 7) is 7.98. The molecule has 9 heteroatoms. The lowest BCUT2D eigenvalue weighted by Gasteiger charge is -2.25. The number of hydrogen-bond donors (Lipinski definition) is 0. The number of terminal acetylenes is 1. The van der Waals surface area contributed by atoms with Crippen LogP contribution in [0.4, 0.5) is 0 Å². The highest BCUT2D eigenvalue weighted by Gasteiger charge is 2.33. The quantitative estimate of drug-likeness (QED) is 0.295. The normalized spacial score (nSPS) is 15.0. The highest BCUT2D eigenvalue weighted by Crippen LogP contribution is 2.37. The molecule has 39 heavy (non-hydrogen) atoms. The van der Waals surface area contributed by atoms with Gasteiger partial charge in [-0.15, -0.1) is 6.42 Å². The zero-order chi connectivity index (χ0) is 28.3. The van der Waals surface area contributed by atoms with E-state index in [-0.39, 0.29) is 18.8 Å². The van der Waals surface area contributed by atoms with Crippen molar-refractivity contribution in [3.8, 4) is 23.8 Å². The Hall–Kier alpha value is -3.80. The highest BCUT2D eigenvalue weighted by molar-refractivity contribution is 7.07. The number of esters is 1. The smallest absolute Gasteiger partial charge is 0.338 e. The predicted octanol–water partition coefficient (Wildman–Crippen LogP) is 4.60. The maximum atomic E-state index is 13.9. The van der Waals surface area contributed by atoms with Crippen LogP contribution < -0.4 is 24.4 Å². The number of halogens is 1. The fourth-order valence-corrected chi connectivity index (χ4v) is 5.72. The third kappa shape index (κ3) is 5.65. The first kappa shape index (κ1) is 28.2. The molecular formula is C30H29ClN2O5S. The van der Waals surface area contributed by atoms with Crippen molar-refractivity contribution in [3.63, 3.8) is 0 Å². The lowest BCUT2D eigenvalue weighted by atomic mass is 9.93. The molecule has 0 amide bonds. The Labute approximate surface area is 236 Å². The van der Waals surface area contributed by atoms with Crippen LogP contribution in [0.5, 0.6) is 11.5 Å². The minimum Gasteiger partial charge on any atom is -0.493 e. The molecule has 0 radical (unpaired) electrons. The number of rotatable bonds is 8. The summed E-state index contributed by atoms with van der Waals surface area (Å²) < 4.78 is 18.3. The number of carbonyl (C=O) groups is 1. The van der Waals surface area contributed by atoms with Crippen molar-refractivity contribution in [2.24, 2.45) is 4.99 Å². The predicted molar refractivity (Wildman–Crippen MR) is 153 cm³/mol. The van der Waals surface area contributed by atoms with Crippen LogP contribution in [0.2, 0.25) is 5.02 Å². The first-order chi connectivity index (χ1) is 18.7. The van der Waals surface area contributed by atoms with E-state index in [1.165, 1.54) is 18.4 Å². The van der Waals surface area contributed by atoms with Gasteiger partial charge in [-0.2, -0.15) is 0 Å². The fourth-order valence-electron chi connectivity index (χ4n) is 4.40. The van der Waals surface area contributed by atoms with Gasteiger partial charge < -0.3 is 14.2 Å². The van der Waals surface area contributed by atoms with Crippen molar-refractivity contribution in [3.05, 3.63) is 89.1 Å². The maximum absolute atomic E-state index is 13.9. The molecule has 2 heterocycles. The van der Waals surface area contributed by atoms with E-state index in [0.717, 1.165) is 11.1 Å². The molecule has 0 spiro atoms. The molecule has 0 fully saturated rings. The van der Waals surface area contributed by atoms with Crippen LogP contribution in [0.25, 0.3) is 6.08 Å². The van der Waals surface area contributed by atoms with Gasteiger partial charge in [-0.3, -0.25) is 9.36 Å². The minimum absolute atomic E-state index is 0.0360. The molecule has 4 rings (SSSR count). The van der Waals surface area contributed by atoms with Crippen LogP contribution in [-0.2, 0) is 9.53 Å². The molecule has 3 aromatic rings. The van der Waals surface area contributed by atoms with Crippen LogP contribution in [0, 0.1) is 12.3 Å². The molecule has 7 nitrogen and oxygen atoms in total. The number of thiazole rings is 1. The fraction of sp³-hybridized carbons (Fsp3) is 0.300. The van der Waals surface area contributed by atoms with Gasteiger partial charge in [-0.05, 0) is 54.7 Å². The van der Waals surface area contributed by atoms with Crippen molar-refractivity contribution in [1.82, 2.24) is 4.57 Å². The van der Waals surface area contributed by atoms with Gasteiger partial charge in [0.25, 0.3) is 5.56 Å². The van der Waals surface area contributed by atoms with Crippen LogP contribution in [0.3, 0.4) is 0 Å². The summed E-state index contributed by atoms with van der Waals surface area (Å²) in [6.07, 6.45) is 7.02. The Morgan fingerprint density at radius 1 is 1.28 bits per heavy atom. The number of hydrogen-bond acceptors (Lipinski definition) is 7. The van der Waals surface area contributed by atoms with Gasteiger partial charge in [0.05, 0.1) is 40.6 Å². The van der Waals surface area contributed by atoms with E-state index in [0.29, 0.717) is 48.6 Å². The highest BCUT2D eigenvalue weighted by atomic mass is 35.5. The van der Waals surface area contributed by atoms with E-state index >= 15 is 0 Å². The van der Waals surface area contributed by atoms with Crippen LogP contribution in [0.1, 0.15) is 56.3 Å². The molecule has 1 aliphatic rings. The van der Waals surface area contributed by atoms with Gasteiger partial charge in [-0.25, -0.2) is 9.79 Å². The van der Waals surface area contributed by atoms with Crippen molar-refractivity contribution < 1.29 is 19.0 Å². The molecule has 0 bridgehead atoms. The molecule has 0 saturated carbocycles. The molecular weight excluding hydrogens is 536 g/mol. The van der Waals surface area contributed by atoms with Crippen molar-refractivity contribution >= 4 is 35.0 Å². The average Bonchev–Trinajstić information content (AvgIpc) is 3.21. The Bertz CT molecular complexity index is 1660. The Morgan fingerprint density at radius 3 is 2.62 bits per heavy atom. The van der Waals surface area contributed by atoms with Gasteiger partial charge in [0, 0.05) is 0 Å².